The molecule has 0 unspecified atom stereocenters. The Labute approximate surface area is 123 Å². The molecular formula is C15H18ClNO3. The number of nitrogens with one attached hydrogen (secondary N) is 1. The van der Waals surface area contributed by atoms with Gasteiger partial charge >= 0.3 is 5.97 Å². The molecule has 1 aromatic rings. The van der Waals surface area contributed by atoms with Gasteiger partial charge in [-0.05, 0) is 42.9 Å². The summed E-state index contributed by atoms with van der Waals surface area (Å²) >= 11 is 6.15. The molecule has 20 heavy (non-hydrogen) atoms. The monoisotopic (exact) mass is 295 g/mol. The number of hydrogen-bond donors (Lipinski definition) is 2. The van der Waals surface area contributed by atoms with Crippen molar-refractivity contribution in [3.05, 3.63) is 34.3 Å². The van der Waals surface area contributed by atoms with E-state index in [9.17, 15) is 14.7 Å². The van der Waals surface area contributed by atoms with E-state index in [0.717, 1.165) is 12.0 Å². The van der Waals surface area contributed by atoms with Crippen molar-refractivity contribution in [2.75, 3.05) is 0 Å². The molecule has 0 aromatic heterocycles. The van der Waals surface area contributed by atoms with Crippen LogP contribution in [0.5, 0.6) is 0 Å². The Morgan fingerprint density at radius 3 is 2.40 bits per heavy atom. The van der Waals surface area contributed by atoms with Crippen molar-refractivity contribution >= 4 is 23.5 Å². The van der Waals surface area contributed by atoms with Gasteiger partial charge in [0.25, 0.3) is 5.91 Å². The Hall–Kier alpha value is -1.55. The maximum atomic E-state index is 12.2. The predicted molar refractivity (Wildman–Crippen MR) is 77.2 cm³/mol. The van der Waals surface area contributed by atoms with Crippen molar-refractivity contribution in [1.29, 1.82) is 0 Å². The molecule has 0 saturated heterocycles. The molecule has 0 radical (unpaired) electrons. The predicted octanol–water partition coefficient (Wildman–Crippen LogP) is 3.20. The quantitative estimate of drug-likeness (QED) is 0.896. The Morgan fingerprint density at radius 2 is 2.00 bits per heavy atom. The number of carbonyl (C=O) groups is 2. The minimum absolute atomic E-state index is 0.275. The maximum absolute atomic E-state index is 12.2. The van der Waals surface area contributed by atoms with Crippen LogP contribution in [0.25, 0.3) is 0 Å². The maximum Gasteiger partial charge on any atom is 0.329 e. The molecule has 0 aliphatic heterocycles. The van der Waals surface area contributed by atoms with Crippen molar-refractivity contribution in [2.45, 2.75) is 44.6 Å². The van der Waals surface area contributed by atoms with Gasteiger partial charge in [0.05, 0.1) is 0 Å². The van der Waals surface area contributed by atoms with Gasteiger partial charge in [0.1, 0.15) is 5.54 Å². The van der Waals surface area contributed by atoms with E-state index in [1.807, 2.05) is 19.9 Å². The highest BCUT2D eigenvalue weighted by Gasteiger charge is 2.45. The third-order valence-corrected chi connectivity index (χ3v) is 4.18. The van der Waals surface area contributed by atoms with Crippen molar-refractivity contribution in [3.63, 3.8) is 0 Å². The molecule has 1 amide bonds. The minimum atomic E-state index is -1.10. The number of aliphatic carboxylic acids is 1. The molecule has 2 rings (SSSR count). The summed E-state index contributed by atoms with van der Waals surface area (Å²) < 4.78 is 0. The van der Waals surface area contributed by atoms with Crippen LogP contribution in [0.1, 0.15) is 54.9 Å². The number of hydrogen-bond acceptors (Lipinski definition) is 2. The zero-order chi connectivity index (χ0) is 14.9. The van der Waals surface area contributed by atoms with Crippen LogP contribution in [0, 0.1) is 0 Å². The second kappa shape index (κ2) is 5.44. The van der Waals surface area contributed by atoms with Gasteiger partial charge in [0, 0.05) is 10.6 Å². The minimum Gasteiger partial charge on any atom is -0.480 e. The van der Waals surface area contributed by atoms with Crippen molar-refractivity contribution in [3.8, 4) is 0 Å². The lowest BCUT2D eigenvalue weighted by Crippen LogP contribution is -2.59. The van der Waals surface area contributed by atoms with Gasteiger partial charge in [-0.3, -0.25) is 4.79 Å². The van der Waals surface area contributed by atoms with Crippen LogP contribution in [-0.2, 0) is 4.79 Å². The number of carboxylic acids is 1. The van der Waals surface area contributed by atoms with Crippen LogP contribution in [0.2, 0.25) is 5.02 Å². The van der Waals surface area contributed by atoms with Gasteiger partial charge in [-0.1, -0.05) is 31.5 Å². The fraction of sp³-hybridized carbons (Fsp3) is 0.467. The lowest BCUT2D eigenvalue weighted by Gasteiger charge is -2.38. The first-order valence-electron chi connectivity index (χ1n) is 6.71. The SMILES string of the molecule is CC(C)c1ccc(C(=O)NC2(C(=O)O)CCC2)cc1Cl. The molecule has 0 bridgehead atoms. The highest BCUT2D eigenvalue weighted by molar-refractivity contribution is 6.31. The zero-order valence-corrected chi connectivity index (χ0v) is 12.3. The Bertz CT molecular complexity index is 550. The molecule has 4 nitrogen and oxygen atoms in total. The molecule has 108 valence electrons. The number of carbonyl (C=O) groups excluding carboxylic acids is 1. The smallest absolute Gasteiger partial charge is 0.329 e. The van der Waals surface area contributed by atoms with E-state index in [1.165, 1.54) is 0 Å². The number of benzene rings is 1. The molecule has 5 heteroatoms. The van der Waals surface area contributed by atoms with E-state index in [1.54, 1.807) is 12.1 Å². The van der Waals surface area contributed by atoms with E-state index in [4.69, 9.17) is 11.6 Å². The average molecular weight is 296 g/mol. The summed E-state index contributed by atoms with van der Waals surface area (Å²) in [7, 11) is 0. The van der Waals surface area contributed by atoms with E-state index in [0.29, 0.717) is 23.4 Å². The summed E-state index contributed by atoms with van der Waals surface area (Å²) in [6, 6.07) is 5.10. The summed E-state index contributed by atoms with van der Waals surface area (Å²) in [4.78, 5) is 23.4. The lowest BCUT2D eigenvalue weighted by atomic mass is 9.76. The topological polar surface area (TPSA) is 66.4 Å². The second-order valence-corrected chi connectivity index (χ2v) is 5.99. The van der Waals surface area contributed by atoms with Crippen LogP contribution in [-0.4, -0.2) is 22.5 Å². The molecule has 1 saturated carbocycles. The first-order chi connectivity index (χ1) is 9.35. The molecular weight excluding hydrogens is 278 g/mol. The molecule has 1 aromatic carbocycles. The summed E-state index contributed by atoms with van der Waals surface area (Å²) in [5.74, 6) is -1.08. The number of amides is 1. The molecule has 1 aliphatic carbocycles. The largest absolute Gasteiger partial charge is 0.480 e. The van der Waals surface area contributed by atoms with Crippen LogP contribution in [0.15, 0.2) is 18.2 Å². The van der Waals surface area contributed by atoms with E-state index in [2.05, 4.69) is 5.32 Å². The van der Waals surface area contributed by atoms with Crippen LogP contribution >= 0.6 is 11.6 Å². The van der Waals surface area contributed by atoms with Crippen molar-refractivity contribution in [1.82, 2.24) is 5.32 Å². The number of halogens is 1. The van der Waals surface area contributed by atoms with Gasteiger partial charge in [-0.15, -0.1) is 0 Å². The molecule has 0 spiro atoms. The number of rotatable bonds is 4. The molecule has 1 fully saturated rings. The fourth-order valence-corrected chi connectivity index (χ4v) is 2.75. The Balaban J connectivity index is 2.18. The first kappa shape index (κ1) is 14.9. The van der Waals surface area contributed by atoms with E-state index >= 15 is 0 Å². The summed E-state index contributed by atoms with van der Waals surface area (Å²) in [6.07, 6.45) is 1.78. The summed E-state index contributed by atoms with van der Waals surface area (Å²) in [5, 5.41) is 12.4. The third kappa shape index (κ3) is 2.66. The third-order valence-electron chi connectivity index (χ3n) is 3.85. The van der Waals surface area contributed by atoms with Gasteiger partial charge < -0.3 is 10.4 Å². The highest BCUT2D eigenvalue weighted by atomic mass is 35.5. The van der Waals surface area contributed by atoms with Crippen molar-refractivity contribution < 1.29 is 14.7 Å². The van der Waals surface area contributed by atoms with E-state index in [-0.39, 0.29) is 11.8 Å². The summed E-state index contributed by atoms with van der Waals surface area (Å²) in [6.45, 7) is 4.05. The van der Waals surface area contributed by atoms with Gasteiger partial charge in [0.15, 0.2) is 0 Å². The van der Waals surface area contributed by atoms with Gasteiger partial charge in [0.2, 0.25) is 0 Å². The normalized spacial score (nSPS) is 16.6. The standard InChI is InChI=1S/C15H18ClNO3/c1-9(2)11-5-4-10(8-12(11)16)13(18)17-15(14(19)20)6-3-7-15/h4-5,8-9H,3,6-7H2,1-2H3,(H,17,18)(H,19,20). The van der Waals surface area contributed by atoms with Gasteiger partial charge in [-0.2, -0.15) is 0 Å². The number of carboxylic acid groups (broad SMARTS) is 1. The first-order valence-corrected chi connectivity index (χ1v) is 7.09. The molecule has 0 heterocycles. The average Bonchev–Trinajstić information content (AvgIpc) is 2.32. The van der Waals surface area contributed by atoms with E-state index < -0.39 is 11.5 Å². The summed E-state index contributed by atoms with van der Waals surface area (Å²) in [5.41, 5.74) is 0.270. The lowest BCUT2D eigenvalue weighted by molar-refractivity contribution is -0.148. The van der Waals surface area contributed by atoms with Crippen LogP contribution in [0.4, 0.5) is 0 Å². The highest BCUT2D eigenvalue weighted by Crippen LogP contribution is 2.32. The van der Waals surface area contributed by atoms with Crippen molar-refractivity contribution in [2.24, 2.45) is 0 Å². The van der Waals surface area contributed by atoms with Crippen LogP contribution < -0.4 is 5.32 Å². The Kier molecular flexibility index (Phi) is 4.04. The molecule has 0 atom stereocenters. The Morgan fingerprint density at radius 1 is 1.35 bits per heavy atom. The molecule has 1 aliphatic rings. The molecule has 2 N–H and O–H groups in total. The van der Waals surface area contributed by atoms with Gasteiger partial charge in [-0.25, -0.2) is 4.79 Å². The zero-order valence-electron chi connectivity index (χ0n) is 11.6. The second-order valence-electron chi connectivity index (χ2n) is 5.59. The van der Waals surface area contributed by atoms with Crippen LogP contribution in [0.3, 0.4) is 0 Å². The fourth-order valence-electron chi connectivity index (χ4n) is 2.35.